The van der Waals surface area contributed by atoms with Gasteiger partial charge >= 0.3 is 0 Å². The number of unbranched alkanes of at least 4 members (excludes halogenated alkanes) is 2. The lowest BCUT2D eigenvalue weighted by Crippen LogP contribution is -2.27. The first-order valence-corrected chi connectivity index (χ1v) is 6.61. The second-order valence-corrected chi connectivity index (χ2v) is 4.65. The van der Waals surface area contributed by atoms with Gasteiger partial charge in [-0.15, -0.1) is 0 Å². The van der Waals surface area contributed by atoms with E-state index in [4.69, 9.17) is 9.84 Å². The molecular formula is C13H26O2. The van der Waals surface area contributed by atoms with Gasteiger partial charge < -0.3 is 9.84 Å². The minimum Gasteiger partial charge on any atom is -0.396 e. The molecule has 0 aromatic heterocycles. The molecule has 2 atom stereocenters. The highest BCUT2D eigenvalue weighted by molar-refractivity contribution is 4.72. The van der Waals surface area contributed by atoms with E-state index in [0.717, 1.165) is 18.9 Å². The van der Waals surface area contributed by atoms with E-state index in [1.165, 1.54) is 44.9 Å². The third-order valence-corrected chi connectivity index (χ3v) is 3.50. The summed E-state index contributed by atoms with van der Waals surface area (Å²) in [5.41, 5.74) is 0. The number of aliphatic hydroxyl groups excluding tert-OH is 1. The van der Waals surface area contributed by atoms with Crippen molar-refractivity contribution in [2.45, 2.75) is 64.4 Å². The zero-order chi connectivity index (χ0) is 10.9. The van der Waals surface area contributed by atoms with Gasteiger partial charge in [0.05, 0.1) is 6.10 Å². The molecule has 2 heteroatoms. The minimum atomic E-state index is 0.344. The van der Waals surface area contributed by atoms with E-state index in [1.807, 2.05) is 0 Å². The fourth-order valence-electron chi connectivity index (χ4n) is 2.49. The topological polar surface area (TPSA) is 29.5 Å². The van der Waals surface area contributed by atoms with Crippen molar-refractivity contribution in [2.75, 3.05) is 13.2 Å². The van der Waals surface area contributed by atoms with Gasteiger partial charge in [-0.3, -0.25) is 0 Å². The summed E-state index contributed by atoms with van der Waals surface area (Å²) in [5.74, 6) is 0.754. The number of aliphatic hydroxyl groups is 1. The molecule has 0 amide bonds. The molecule has 2 nitrogen and oxygen atoms in total. The van der Waals surface area contributed by atoms with E-state index >= 15 is 0 Å². The molecule has 1 saturated heterocycles. The Morgan fingerprint density at radius 2 is 2.13 bits per heavy atom. The fourth-order valence-corrected chi connectivity index (χ4v) is 2.49. The summed E-state index contributed by atoms with van der Waals surface area (Å²) in [7, 11) is 0. The van der Waals surface area contributed by atoms with Crippen LogP contribution < -0.4 is 0 Å². The molecule has 15 heavy (non-hydrogen) atoms. The lowest BCUT2D eigenvalue weighted by molar-refractivity contribution is -0.0247. The Balaban J connectivity index is 2.15. The standard InChI is InChI=1S/C13H26O2/c1-2-12(8-4-3-6-10-14)13-9-5-7-11-15-13/h12-14H,2-11H2,1H3. The predicted octanol–water partition coefficient (Wildman–Crippen LogP) is 3.13. The van der Waals surface area contributed by atoms with Crippen LogP contribution in [0.3, 0.4) is 0 Å². The SMILES string of the molecule is CCC(CCCCCO)C1CCCCO1. The Kier molecular flexibility index (Phi) is 7.03. The second kappa shape index (κ2) is 8.12. The molecule has 0 aromatic carbocycles. The van der Waals surface area contributed by atoms with E-state index < -0.39 is 0 Å². The first kappa shape index (κ1) is 13.0. The molecule has 0 bridgehead atoms. The maximum Gasteiger partial charge on any atom is 0.0603 e. The van der Waals surface area contributed by atoms with E-state index in [0.29, 0.717) is 12.7 Å². The lowest BCUT2D eigenvalue weighted by atomic mass is 9.89. The molecule has 1 aliphatic heterocycles. The summed E-state index contributed by atoms with van der Waals surface area (Å²) in [6, 6.07) is 0. The van der Waals surface area contributed by atoms with E-state index in [2.05, 4.69) is 6.92 Å². The van der Waals surface area contributed by atoms with Crippen LogP contribution in [0.1, 0.15) is 58.3 Å². The number of ether oxygens (including phenoxy) is 1. The maximum atomic E-state index is 8.71. The van der Waals surface area contributed by atoms with Crippen molar-refractivity contribution in [3.63, 3.8) is 0 Å². The molecular weight excluding hydrogens is 188 g/mol. The van der Waals surface area contributed by atoms with E-state index in [9.17, 15) is 0 Å². The van der Waals surface area contributed by atoms with Crippen molar-refractivity contribution in [1.29, 1.82) is 0 Å². The molecule has 0 saturated carbocycles. The van der Waals surface area contributed by atoms with Crippen molar-refractivity contribution in [2.24, 2.45) is 5.92 Å². The van der Waals surface area contributed by atoms with Gasteiger partial charge in [-0.05, 0) is 38.0 Å². The third kappa shape index (κ3) is 4.98. The zero-order valence-electron chi connectivity index (χ0n) is 10.1. The van der Waals surface area contributed by atoms with Crippen molar-refractivity contribution in [3.8, 4) is 0 Å². The molecule has 90 valence electrons. The lowest BCUT2D eigenvalue weighted by Gasteiger charge is -2.30. The Labute approximate surface area is 94.0 Å². The monoisotopic (exact) mass is 214 g/mol. The van der Waals surface area contributed by atoms with Crippen LogP contribution in [-0.4, -0.2) is 24.4 Å². The van der Waals surface area contributed by atoms with Gasteiger partial charge in [-0.25, -0.2) is 0 Å². The van der Waals surface area contributed by atoms with E-state index in [-0.39, 0.29) is 0 Å². The summed E-state index contributed by atoms with van der Waals surface area (Å²) in [6.07, 6.45) is 10.3. The molecule has 0 spiro atoms. The first-order chi connectivity index (χ1) is 7.38. The summed E-state index contributed by atoms with van der Waals surface area (Å²) in [6.45, 7) is 3.59. The van der Waals surface area contributed by atoms with Crippen LogP contribution in [0.15, 0.2) is 0 Å². The minimum absolute atomic E-state index is 0.344. The van der Waals surface area contributed by atoms with Gasteiger partial charge in [-0.2, -0.15) is 0 Å². The van der Waals surface area contributed by atoms with Crippen LogP contribution in [-0.2, 0) is 4.74 Å². The van der Waals surface area contributed by atoms with Crippen LogP contribution in [0.4, 0.5) is 0 Å². The summed E-state index contributed by atoms with van der Waals surface area (Å²) >= 11 is 0. The molecule has 2 unspecified atom stereocenters. The highest BCUT2D eigenvalue weighted by atomic mass is 16.5. The average molecular weight is 214 g/mol. The molecule has 1 N–H and O–H groups in total. The highest BCUT2D eigenvalue weighted by Gasteiger charge is 2.22. The van der Waals surface area contributed by atoms with Crippen molar-refractivity contribution < 1.29 is 9.84 Å². The van der Waals surface area contributed by atoms with Crippen LogP contribution in [0.25, 0.3) is 0 Å². The molecule has 1 heterocycles. The summed E-state index contributed by atoms with van der Waals surface area (Å²) in [4.78, 5) is 0. The van der Waals surface area contributed by atoms with Gasteiger partial charge in [0.15, 0.2) is 0 Å². The molecule has 1 fully saturated rings. The smallest absolute Gasteiger partial charge is 0.0603 e. The molecule has 0 aromatic rings. The van der Waals surface area contributed by atoms with Gasteiger partial charge in [0, 0.05) is 13.2 Å². The van der Waals surface area contributed by atoms with Crippen molar-refractivity contribution in [1.82, 2.24) is 0 Å². The Bertz CT molecular complexity index is 141. The van der Waals surface area contributed by atoms with Crippen LogP contribution in [0.5, 0.6) is 0 Å². The molecule has 1 aliphatic rings. The van der Waals surface area contributed by atoms with Crippen molar-refractivity contribution >= 4 is 0 Å². The average Bonchev–Trinajstić information content (AvgIpc) is 2.30. The van der Waals surface area contributed by atoms with Crippen molar-refractivity contribution in [3.05, 3.63) is 0 Å². The fraction of sp³-hybridized carbons (Fsp3) is 1.00. The molecule has 0 aliphatic carbocycles. The Morgan fingerprint density at radius 1 is 1.27 bits per heavy atom. The zero-order valence-corrected chi connectivity index (χ0v) is 10.1. The van der Waals surface area contributed by atoms with Gasteiger partial charge in [0.2, 0.25) is 0 Å². The van der Waals surface area contributed by atoms with Crippen LogP contribution in [0, 0.1) is 5.92 Å². The number of rotatable bonds is 7. The van der Waals surface area contributed by atoms with Gasteiger partial charge in [-0.1, -0.05) is 26.2 Å². The summed E-state index contributed by atoms with van der Waals surface area (Å²) in [5, 5.41) is 8.71. The quantitative estimate of drug-likeness (QED) is 0.660. The van der Waals surface area contributed by atoms with Gasteiger partial charge in [0.1, 0.15) is 0 Å². The molecule has 0 radical (unpaired) electrons. The third-order valence-electron chi connectivity index (χ3n) is 3.50. The number of hydrogen-bond donors (Lipinski definition) is 1. The Hall–Kier alpha value is -0.0800. The number of hydrogen-bond acceptors (Lipinski definition) is 2. The highest BCUT2D eigenvalue weighted by Crippen LogP contribution is 2.26. The van der Waals surface area contributed by atoms with E-state index in [1.54, 1.807) is 0 Å². The van der Waals surface area contributed by atoms with Gasteiger partial charge in [0.25, 0.3) is 0 Å². The van der Waals surface area contributed by atoms with Crippen LogP contribution >= 0.6 is 0 Å². The maximum absolute atomic E-state index is 8.71. The first-order valence-electron chi connectivity index (χ1n) is 6.61. The Morgan fingerprint density at radius 3 is 2.73 bits per heavy atom. The molecule has 1 rings (SSSR count). The predicted molar refractivity (Wildman–Crippen MR) is 62.9 cm³/mol. The largest absolute Gasteiger partial charge is 0.396 e. The van der Waals surface area contributed by atoms with Crippen LogP contribution in [0.2, 0.25) is 0 Å². The summed E-state index contributed by atoms with van der Waals surface area (Å²) < 4.78 is 5.84. The normalized spacial score (nSPS) is 24.0. The second-order valence-electron chi connectivity index (χ2n) is 4.65.